The minimum absolute atomic E-state index is 0.0925. The predicted molar refractivity (Wildman–Crippen MR) is 168 cm³/mol. The fourth-order valence-electron chi connectivity index (χ4n) is 6.29. The van der Waals surface area contributed by atoms with Gasteiger partial charge >= 0.3 is 0 Å². The van der Waals surface area contributed by atoms with Crippen LogP contribution in [-0.2, 0) is 11.3 Å². The molecule has 1 amide bonds. The van der Waals surface area contributed by atoms with Crippen molar-refractivity contribution < 1.29 is 14.3 Å². The number of aromatic nitrogens is 2. The highest BCUT2D eigenvalue weighted by Crippen LogP contribution is 2.38. The number of piperazine rings is 1. The normalized spacial score (nSPS) is 20.8. The highest BCUT2D eigenvalue weighted by molar-refractivity contribution is 8.26. The van der Waals surface area contributed by atoms with Crippen LogP contribution in [0.1, 0.15) is 48.8 Å². The molecule has 3 aliphatic heterocycles. The number of amides is 1. The Morgan fingerprint density at radius 3 is 2.62 bits per heavy atom. The topological polar surface area (TPSA) is 79.6 Å². The van der Waals surface area contributed by atoms with Crippen LogP contribution in [0.4, 0.5) is 5.82 Å². The molecular formula is C31H33N5O4S2. The van der Waals surface area contributed by atoms with Crippen LogP contribution in [0.15, 0.2) is 46.2 Å². The number of carbonyl (C=O) groups is 1. The molecule has 9 nitrogen and oxygen atoms in total. The number of fused-ring (bicyclic) bond motifs is 2. The van der Waals surface area contributed by atoms with Gasteiger partial charge in [-0.3, -0.25) is 23.8 Å². The van der Waals surface area contributed by atoms with E-state index in [1.165, 1.54) is 23.7 Å². The van der Waals surface area contributed by atoms with Crippen molar-refractivity contribution in [1.29, 1.82) is 0 Å². The summed E-state index contributed by atoms with van der Waals surface area (Å²) in [4.78, 5) is 39.4. The van der Waals surface area contributed by atoms with Crippen LogP contribution in [-0.4, -0.2) is 68.4 Å². The molecule has 0 N–H and O–H groups in total. The largest absolute Gasteiger partial charge is 0.454 e. The monoisotopic (exact) mass is 603 g/mol. The van der Waals surface area contributed by atoms with Crippen molar-refractivity contribution >= 4 is 51.7 Å². The Labute approximate surface area is 254 Å². The summed E-state index contributed by atoms with van der Waals surface area (Å²) < 4.78 is 13.2. The van der Waals surface area contributed by atoms with Crippen LogP contribution in [0.5, 0.6) is 11.5 Å². The number of benzene rings is 1. The Balaban J connectivity index is 1.17. The summed E-state index contributed by atoms with van der Waals surface area (Å²) in [6.45, 7) is 6.07. The van der Waals surface area contributed by atoms with E-state index < -0.39 is 0 Å². The molecular weight excluding hydrogens is 571 g/mol. The van der Waals surface area contributed by atoms with Crippen LogP contribution in [0, 0.1) is 6.92 Å². The van der Waals surface area contributed by atoms with Crippen molar-refractivity contribution in [1.82, 2.24) is 19.2 Å². The molecule has 0 spiro atoms. The van der Waals surface area contributed by atoms with E-state index >= 15 is 0 Å². The number of pyridine rings is 1. The lowest BCUT2D eigenvalue weighted by atomic mass is 9.94. The maximum atomic E-state index is 14.0. The second-order valence-electron chi connectivity index (χ2n) is 11.4. The molecule has 218 valence electrons. The van der Waals surface area contributed by atoms with Crippen molar-refractivity contribution in [2.75, 3.05) is 37.9 Å². The minimum Gasteiger partial charge on any atom is -0.454 e. The minimum atomic E-state index is -0.176. The smallest absolute Gasteiger partial charge is 0.267 e. The number of ether oxygens (including phenoxy) is 2. The predicted octanol–water partition coefficient (Wildman–Crippen LogP) is 4.59. The van der Waals surface area contributed by atoms with E-state index in [4.69, 9.17) is 26.7 Å². The second-order valence-corrected chi connectivity index (χ2v) is 13.1. The van der Waals surface area contributed by atoms with Gasteiger partial charge in [0, 0.05) is 45.0 Å². The van der Waals surface area contributed by atoms with E-state index in [1.54, 1.807) is 15.4 Å². The third kappa shape index (κ3) is 5.18. The molecule has 11 heteroatoms. The number of thioether (sulfide) groups is 1. The first-order valence-electron chi connectivity index (χ1n) is 14.6. The Hall–Kier alpha value is -3.41. The van der Waals surface area contributed by atoms with Gasteiger partial charge in [-0.25, -0.2) is 4.98 Å². The first kappa shape index (κ1) is 27.4. The molecule has 1 aromatic carbocycles. The molecule has 0 unspecified atom stereocenters. The molecule has 1 aliphatic carbocycles. The lowest BCUT2D eigenvalue weighted by Crippen LogP contribution is -2.47. The van der Waals surface area contributed by atoms with E-state index in [9.17, 15) is 9.59 Å². The van der Waals surface area contributed by atoms with Crippen molar-refractivity contribution in [3.8, 4) is 11.5 Å². The number of anilines is 1. The Morgan fingerprint density at radius 2 is 1.81 bits per heavy atom. The lowest BCUT2D eigenvalue weighted by molar-refractivity contribution is -0.124. The van der Waals surface area contributed by atoms with Gasteiger partial charge in [0.05, 0.1) is 10.5 Å². The van der Waals surface area contributed by atoms with Gasteiger partial charge in [0.15, 0.2) is 11.5 Å². The summed E-state index contributed by atoms with van der Waals surface area (Å²) in [7, 11) is 0. The zero-order valence-corrected chi connectivity index (χ0v) is 25.2. The zero-order valence-electron chi connectivity index (χ0n) is 23.6. The van der Waals surface area contributed by atoms with E-state index in [0.29, 0.717) is 39.3 Å². The van der Waals surface area contributed by atoms with Crippen LogP contribution in [0.3, 0.4) is 0 Å². The molecule has 2 aromatic heterocycles. The molecule has 42 heavy (non-hydrogen) atoms. The van der Waals surface area contributed by atoms with Gasteiger partial charge in [-0.1, -0.05) is 55.4 Å². The summed E-state index contributed by atoms with van der Waals surface area (Å²) in [6, 6.07) is 10.1. The third-order valence-corrected chi connectivity index (χ3v) is 9.87. The molecule has 0 bridgehead atoms. The molecule has 4 aliphatic rings. The Morgan fingerprint density at radius 1 is 1.02 bits per heavy atom. The van der Waals surface area contributed by atoms with Gasteiger partial charge in [0.25, 0.3) is 11.5 Å². The summed E-state index contributed by atoms with van der Waals surface area (Å²) >= 11 is 6.97. The first-order valence-corrected chi connectivity index (χ1v) is 15.8. The van der Waals surface area contributed by atoms with Gasteiger partial charge in [0.2, 0.25) is 6.79 Å². The van der Waals surface area contributed by atoms with E-state index in [2.05, 4.69) is 15.9 Å². The maximum Gasteiger partial charge on any atom is 0.267 e. The zero-order chi connectivity index (χ0) is 28.8. The third-order valence-electron chi connectivity index (χ3n) is 8.54. The SMILES string of the molecule is Cc1ccc2nc(N3CCN(Cc4ccc5c(c4)OCO5)CC3)c(/C=C3/SC(=S)N(C4CCCCC4)C3=O)c(=O)n2c1. The standard InChI is InChI=1S/C31H33N5O4S2/c1-20-7-10-27-32-28(34-13-11-33(12-14-34)18-21-8-9-24-25(15-21)40-19-39-24)23(29(37)35(27)17-20)16-26-30(38)36(31(41)42-26)22-5-3-2-4-6-22/h7-10,15-17,22H,2-6,11-14,18-19H2,1H3/b26-16+. The molecule has 2 saturated heterocycles. The number of nitrogens with zero attached hydrogens (tertiary/aromatic N) is 5. The van der Waals surface area contributed by atoms with Gasteiger partial charge < -0.3 is 14.4 Å². The van der Waals surface area contributed by atoms with E-state index in [-0.39, 0.29) is 24.3 Å². The summed E-state index contributed by atoms with van der Waals surface area (Å²) in [6.07, 6.45) is 8.92. The maximum absolute atomic E-state index is 14.0. The molecule has 5 heterocycles. The number of aryl methyl sites for hydroxylation is 1. The molecule has 1 saturated carbocycles. The van der Waals surface area contributed by atoms with Crippen LogP contribution in [0.25, 0.3) is 11.7 Å². The summed E-state index contributed by atoms with van der Waals surface area (Å²) in [5, 5.41) is 0. The quantitative estimate of drug-likeness (QED) is 0.307. The van der Waals surface area contributed by atoms with E-state index in [1.807, 2.05) is 37.4 Å². The molecule has 0 atom stereocenters. The highest BCUT2D eigenvalue weighted by Gasteiger charge is 2.38. The van der Waals surface area contributed by atoms with Crippen molar-refractivity contribution in [3.63, 3.8) is 0 Å². The van der Waals surface area contributed by atoms with Gasteiger partial charge in [-0.2, -0.15) is 0 Å². The summed E-state index contributed by atoms with van der Waals surface area (Å²) in [5.41, 5.74) is 2.99. The number of rotatable bonds is 5. The van der Waals surface area contributed by atoms with Crippen LogP contribution in [0.2, 0.25) is 0 Å². The molecule has 7 rings (SSSR count). The molecule has 0 radical (unpaired) electrons. The number of hydrogen-bond acceptors (Lipinski definition) is 9. The van der Waals surface area contributed by atoms with Gasteiger partial charge in [0.1, 0.15) is 15.8 Å². The molecule has 3 fully saturated rings. The van der Waals surface area contributed by atoms with E-state index in [0.717, 1.165) is 62.4 Å². The van der Waals surface area contributed by atoms with Gasteiger partial charge in [-0.15, -0.1) is 0 Å². The second kappa shape index (κ2) is 11.3. The number of carbonyl (C=O) groups excluding carboxylic acids is 1. The average Bonchev–Trinajstić information content (AvgIpc) is 3.58. The molecule has 3 aromatic rings. The Kier molecular flexibility index (Phi) is 7.41. The van der Waals surface area contributed by atoms with Crippen molar-refractivity contribution in [3.05, 3.63) is 68.5 Å². The van der Waals surface area contributed by atoms with Crippen molar-refractivity contribution in [2.45, 2.75) is 51.6 Å². The fraction of sp³-hybridized carbons (Fsp3) is 0.419. The van der Waals surface area contributed by atoms with Crippen LogP contribution < -0.4 is 19.9 Å². The number of thiocarbonyl (C=S) groups is 1. The summed E-state index contributed by atoms with van der Waals surface area (Å²) in [5.74, 6) is 2.11. The first-order chi connectivity index (χ1) is 20.4. The Bertz CT molecular complexity index is 1660. The number of hydrogen-bond donors (Lipinski definition) is 0. The lowest BCUT2D eigenvalue weighted by Gasteiger charge is -2.36. The average molecular weight is 604 g/mol. The highest BCUT2D eigenvalue weighted by atomic mass is 32.2. The van der Waals surface area contributed by atoms with Crippen LogP contribution >= 0.6 is 24.0 Å². The fourth-order valence-corrected chi connectivity index (χ4v) is 7.68. The van der Waals surface area contributed by atoms with Crippen molar-refractivity contribution in [2.24, 2.45) is 0 Å². The van der Waals surface area contributed by atoms with Gasteiger partial charge in [-0.05, 0) is 55.2 Å².